The highest BCUT2D eigenvalue weighted by Crippen LogP contribution is 2.05. The zero-order valence-electron chi connectivity index (χ0n) is 5.52. The molecule has 0 saturated heterocycles. The first-order valence-corrected chi connectivity index (χ1v) is 4.00. The summed E-state index contributed by atoms with van der Waals surface area (Å²) in [6.45, 7) is 4.26. The average Bonchev–Trinajstić information content (AvgIpc) is 1.83. The Morgan fingerprint density at radius 2 is 1.88 bits per heavy atom. The molecule has 0 radical (unpaired) electrons. The first-order chi connectivity index (χ1) is 3.85. The van der Waals surface area contributed by atoms with Crippen molar-refractivity contribution in [2.75, 3.05) is 5.75 Å². The van der Waals surface area contributed by atoms with Crippen LogP contribution in [0.5, 0.6) is 0 Å². The van der Waals surface area contributed by atoms with E-state index in [1.54, 1.807) is 0 Å². The van der Waals surface area contributed by atoms with Crippen molar-refractivity contribution in [3.05, 3.63) is 0 Å². The van der Waals surface area contributed by atoms with Gasteiger partial charge >= 0.3 is 11.7 Å². The molecule has 0 aromatic heterocycles. The van der Waals surface area contributed by atoms with Gasteiger partial charge in [-0.3, -0.25) is 0 Å². The summed E-state index contributed by atoms with van der Waals surface area (Å²) in [7, 11) is 0. The molecule has 0 atom stereocenters. The van der Waals surface area contributed by atoms with E-state index in [1.807, 2.05) is 0 Å². The molecule has 0 aliphatic carbocycles. The van der Waals surface area contributed by atoms with Crippen LogP contribution < -0.4 is 0 Å². The van der Waals surface area contributed by atoms with Gasteiger partial charge in [0.15, 0.2) is 0 Å². The van der Waals surface area contributed by atoms with Gasteiger partial charge in [0.25, 0.3) is 0 Å². The molecule has 8 heavy (non-hydrogen) atoms. The number of hydrogen-bond acceptors (Lipinski definition) is 1. The van der Waals surface area contributed by atoms with Crippen LogP contribution in [0.4, 0.5) is 0 Å². The maximum absolute atomic E-state index is 9.97. The van der Waals surface area contributed by atoms with Crippen molar-refractivity contribution in [2.45, 2.75) is 26.7 Å². The molecule has 0 saturated carbocycles. The third kappa shape index (κ3) is 3.08. The fraction of sp³-hybridized carbons (Fsp3) is 1.00. The Hall–Kier alpha value is 0.0200. The molecule has 0 spiro atoms. The predicted molar refractivity (Wildman–Crippen MR) is 37.0 cm³/mol. The molecule has 2 heteroatoms. The van der Waals surface area contributed by atoms with Crippen LogP contribution in [0.1, 0.15) is 26.7 Å². The van der Waals surface area contributed by atoms with Gasteiger partial charge in [-0.25, -0.2) is 0 Å². The molecule has 0 aromatic rings. The molecule has 0 aliphatic heterocycles. The van der Waals surface area contributed by atoms with E-state index in [9.17, 15) is 4.21 Å². The van der Waals surface area contributed by atoms with Gasteiger partial charge in [-0.05, 0) is 12.8 Å². The van der Waals surface area contributed by atoms with E-state index in [1.165, 1.54) is 0 Å². The largest absolute Gasteiger partial charge is 0.458 e. The monoisotopic (exact) mass is 133 g/mol. The lowest BCUT2D eigenvalue weighted by atomic mass is 10.1. The highest BCUT2D eigenvalue weighted by molar-refractivity contribution is 7.65. The lowest BCUT2D eigenvalue weighted by Gasteiger charge is -1.98. The van der Waals surface area contributed by atoms with Crippen molar-refractivity contribution in [2.24, 2.45) is 5.92 Å². The van der Waals surface area contributed by atoms with Gasteiger partial charge in [0.05, 0.1) is 0 Å². The van der Waals surface area contributed by atoms with Crippen LogP contribution in [0.2, 0.25) is 0 Å². The molecule has 0 aliphatic rings. The second-order valence-corrected chi connectivity index (χ2v) is 2.54. The zero-order chi connectivity index (χ0) is 6.41. The highest BCUT2D eigenvalue weighted by Gasteiger charge is 2.09. The van der Waals surface area contributed by atoms with Gasteiger partial charge in [0.1, 0.15) is 0 Å². The lowest BCUT2D eigenvalue weighted by Crippen LogP contribution is -2.00. The Kier molecular flexibility index (Phi) is 5.18. The van der Waals surface area contributed by atoms with Crippen LogP contribution in [0.15, 0.2) is 0 Å². The summed E-state index contributed by atoms with van der Waals surface area (Å²) in [4.78, 5) is 0. The number of hydrogen-bond donors (Lipinski definition) is 0. The molecule has 0 unspecified atom stereocenters. The van der Waals surface area contributed by atoms with E-state index in [-0.39, 0.29) is 0 Å². The Labute approximate surface area is 55.0 Å². The van der Waals surface area contributed by atoms with Crippen LogP contribution in [0.3, 0.4) is 0 Å². The van der Waals surface area contributed by atoms with Gasteiger partial charge in [-0.1, -0.05) is 13.8 Å². The molecule has 0 bridgehead atoms. The van der Waals surface area contributed by atoms with E-state index in [4.69, 9.17) is 0 Å². The minimum atomic E-state index is 0.650. The molecule has 0 amide bonds. The molecular formula is C6H13OS+. The minimum absolute atomic E-state index is 0.650. The second kappa shape index (κ2) is 5.16. The van der Waals surface area contributed by atoms with E-state index in [0.717, 1.165) is 18.6 Å². The second-order valence-electron chi connectivity index (χ2n) is 1.97. The van der Waals surface area contributed by atoms with Crippen LogP contribution in [0, 0.1) is 5.92 Å². The van der Waals surface area contributed by atoms with Crippen molar-refractivity contribution >= 4 is 11.7 Å². The van der Waals surface area contributed by atoms with Crippen molar-refractivity contribution in [1.82, 2.24) is 0 Å². The summed E-state index contributed by atoms with van der Waals surface area (Å²) < 4.78 is 9.97. The molecule has 0 aromatic carbocycles. The smallest absolute Gasteiger partial charge is 0.0649 e. The van der Waals surface area contributed by atoms with Gasteiger partial charge < -0.3 is 0 Å². The summed E-state index contributed by atoms with van der Waals surface area (Å²) in [6, 6.07) is 0. The van der Waals surface area contributed by atoms with Crippen LogP contribution in [-0.2, 0) is 15.9 Å². The van der Waals surface area contributed by atoms with Crippen LogP contribution in [0.25, 0.3) is 0 Å². The first kappa shape index (κ1) is 8.02. The van der Waals surface area contributed by atoms with Crippen molar-refractivity contribution in [1.29, 1.82) is 0 Å². The van der Waals surface area contributed by atoms with Gasteiger partial charge in [-0.15, -0.1) is 0 Å². The minimum Gasteiger partial charge on any atom is -0.0649 e. The fourth-order valence-electron chi connectivity index (χ4n) is 0.621. The van der Waals surface area contributed by atoms with Crippen molar-refractivity contribution < 1.29 is 4.21 Å². The molecule has 0 N–H and O–H groups in total. The topological polar surface area (TPSA) is 17.1 Å². The van der Waals surface area contributed by atoms with Crippen molar-refractivity contribution in [3.8, 4) is 0 Å². The molecule has 0 fully saturated rings. The fourth-order valence-corrected chi connectivity index (χ4v) is 1.28. The summed E-state index contributed by atoms with van der Waals surface area (Å²) in [5, 5.41) is 0. The van der Waals surface area contributed by atoms with Gasteiger partial charge in [0, 0.05) is 10.1 Å². The maximum atomic E-state index is 9.97. The average molecular weight is 133 g/mol. The van der Waals surface area contributed by atoms with E-state index in [2.05, 4.69) is 13.8 Å². The summed E-state index contributed by atoms with van der Waals surface area (Å²) in [5.41, 5.74) is 0. The van der Waals surface area contributed by atoms with Gasteiger partial charge in [-0.2, -0.15) is 0 Å². The normalized spacial score (nSPS) is 9.88. The number of rotatable bonds is 4. The zero-order valence-corrected chi connectivity index (χ0v) is 6.33. The van der Waals surface area contributed by atoms with E-state index in [0.29, 0.717) is 17.6 Å². The van der Waals surface area contributed by atoms with E-state index >= 15 is 0 Å². The molecule has 0 rings (SSSR count). The van der Waals surface area contributed by atoms with Gasteiger partial charge in [0.2, 0.25) is 5.75 Å². The highest BCUT2D eigenvalue weighted by atomic mass is 32.1. The predicted octanol–water partition coefficient (Wildman–Crippen LogP) is 1.85. The van der Waals surface area contributed by atoms with Crippen LogP contribution in [-0.4, -0.2) is 5.75 Å². The van der Waals surface area contributed by atoms with E-state index < -0.39 is 0 Å². The van der Waals surface area contributed by atoms with Crippen molar-refractivity contribution in [3.63, 3.8) is 0 Å². The Morgan fingerprint density at radius 3 is 2.00 bits per heavy atom. The quantitative estimate of drug-likeness (QED) is 0.535. The molecular weight excluding hydrogens is 120 g/mol. The first-order valence-electron chi connectivity index (χ1n) is 3.09. The SMILES string of the molecule is CCC(CC)C[S+]=O. The summed E-state index contributed by atoms with van der Waals surface area (Å²) in [6.07, 6.45) is 2.29. The third-order valence-corrected chi connectivity index (χ3v) is 2.07. The lowest BCUT2D eigenvalue weighted by molar-refractivity contribution is 0.540. The maximum Gasteiger partial charge on any atom is 0.458 e. The summed E-state index contributed by atoms with van der Waals surface area (Å²) >= 11 is 0.709. The molecule has 48 valence electrons. The Balaban J connectivity index is 3.20. The molecule has 1 nitrogen and oxygen atoms in total. The Bertz CT molecular complexity index is 59.5. The Morgan fingerprint density at radius 1 is 1.38 bits per heavy atom. The third-order valence-electron chi connectivity index (χ3n) is 1.46. The van der Waals surface area contributed by atoms with Crippen LogP contribution >= 0.6 is 0 Å². The standard InChI is InChI=1S/C6H13OS/c1-3-6(4-2)5-8-7/h6H,3-5H2,1-2H3/q+1. The summed E-state index contributed by atoms with van der Waals surface area (Å²) in [5.74, 6) is 1.44. The molecule has 0 heterocycles.